The number of sulfone groups is 1. The summed E-state index contributed by atoms with van der Waals surface area (Å²) in [6.07, 6.45) is -5.02. The van der Waals surface area contributed by atoms with Gasteiger partial charge in [-0.15, -0.1) is 0 Å². The van der Waals surface area contributed by atoms with Gasteiger partial charge in [-0.1, -0.05) is 6.92 Å². The summed E-state index contributed by atoms with van der Waals surface area (Å²) >= 11 is 0. The van der Waals surface area contributed by atoms with Gasteiger partial charge < -0.3 is 4.57 Å². The third-order valence-electron chi connectivity index (χ3n) is 5.81. The van der Waals surface area contributed by atoms with E-state index in [0.29, 0.717) is 0 Å². The second kappa shape index (κ2) is 8.47. The van der Waals surface area contributed by atoms with Crippen LogP contribution in [0.15, 0.2) is 47.9 Å². The van der Waals surface area contributed by atoms with E-state index in [4.69, 9.17) is 0 Å². The average Bonchev–Trinajstić information content (AvgIpc) is 3.43. The van der Waals surface area contributed by atoms with Gasteiger partial charge in [-0.05, 0) is 18.2 Å². The molecule has 0 radical (unpaired) electrons. The molecular formula is C22H15F6N7O2S. The van der Waals surface area contributed by atoms with Gasteiger partial charge in [0, 0.05) is 18.6 Å². The van der Waals surface area contributed by atoms with Crippen molar-refractivity contribution < 1.29 is 34.8 Å². The van der Waals surface area contributed by atoms with Gasteiger partial charge >= 0.3 is 12.4 Å². The molecular weight excluding hydrogens is 540 g/mol. The molecule has 0 saturated carbocycles. The molecule has 5 aromatic rings. The summed E-state index contributed by atoms with van der Waals surface area (Å²) in [4.78, 5) is 14.9. The van der Waals surface area contributed by atoms with Gasteiger partial charge in [-0.2, -0.15) is 31.4 Å². The molecule has 0 spiro atoms. The van der Waals surface area contributed by atoms with Crippen molar-refractivity contribution in [1.82, 2.24) is 34.3 Å². The highest BCUT2D eigenvalue weighted by molar-refractivity contribution is 7.91. The van der Waals surface area contributed by atoms with Crippen LogP contribution >= 0.6 is 0 Å². The van der Waals surface area contributed by atoms with E-state index >= 15 is 0 Å². The van der Waals surface area contributed by atoms with E-state index in [0.717, 1.165) is 29.2 Å². The molecule has 0 unspecified atom stereocenters. The van der Waals surface area contributed by atoms with Crippen molar-refractivity contribution in [2.24, 2.45) is 7.05 Å². The van der Waals surface area contributed by atoms with Crippen molar-refractivity contribution in [3.8, 4) is 17.2 Å². The van der Waals surface area contributed by atoms with Crippen LogP contribution in [0, 0.1) is 0 Å². The normalized spacial score (nSPS) is 13.1. The van der Waals surface area contributed by atoms with Crippen LogP contribution in [0.5, 0.6) is 0 Å². The van der Waals surface area contributed by atoms with Crippen molar-refractivity contribution in [2.75, 3.05) is 5.75 Å². The average molecular weight is 555 g/mol. The van der Waals surface area contributed by atoms with Crippen LogP contribution < -0.4 is 0 Å². The van der Waals surface area contributed by atoms with E-state index < -0.39 is 33.6 Å². The number of aromatic nitrogens is 7. The molecule has 0 N–H and O–H groups in total. The van der Waals surface area contributed by atoms with Crippen molar-refractivity contribution in [2.45, 2.75) is 24.2 Å². The van der Waals surface area contributed by atoms with E-state index in [1.165, 1.54) is 37.0 Å². The Kier molecular flexibility index (Phi) is 5.70. The molecule has 0 bridgehead atoms. The maximum Gasteiger partial charge on any atom is 0.433 e. The monoisotopic (exact) mass is 555 g/mol. The van der Waals surface area contributed by atoms with E-state index in [2.05, 4.69) is 25.0 Å². The summed E-state index contributed by atoms with van der Waals surface area (Å²) in [6.45, 7) is 1.38. The number of pyridine rings is 3. The Morgan fingerprint density at radius 1 is 0.842 bits per heavy atom. The maximum atomic E-state index is 13.2. The SMILES string of the molecule is CCS(=O)(=O)c1cc(-n2ncc3cnc(C(F)(F)F)cc32)cnc1-c1nc2cc(C(F)(F)F)ncc2n1C. The third-order valence-corrected chi connectivity index (χ3v) is 7.55. The summed E-state index contributed by atoms with van der Waals surface area (Å²) in [5.41, 5.74) is -2.33. The van der Waals surface area contributed by atoms with Crippen molar-refractivity contribution in [1.29, 1.82) is 0 Å². The Balaban J connectivity index is 1.72. The number of alkyl halides is 6. The van der Waals surface area contributed by atoms with Crippen LogP contribution in [0.25, 0.3) is 39.1 Å². The summed E-state index contributed by atoms with van der Waals surface area (Å²) in [5, 5.41) is 4.33. The van der Waals surface area contributed by atoms with Gasteiger partial charge in [-0.3, -0.25) is 4.98 Å². The van der Waals surface area contributed by atoms with Crippen molar-refractivity contribution in [3.05, 3.63) is 54.4 Å². The van der Waals surface area contributed by atoms with E-state index in [1.54, 1.807) is 0 Å². The number of hydrogen-bond acceptors (Lipinski definition) is 7. The Morgan fingerprint density at radius 2 is 1.50 bits per heavy atom. The number of nitrogens with zero attached hydrogens (tertiary/aromatic N) is 7. The molecule has 9 nitrogen and oxygen atoms in total. The van der Waals surface area contributed by atoms with Crippen molar-refractivity contribution >= 4 is 31.8 Å². The predicted molar refractivity (Wildman–Crippen MR) is 122 cm³/mol. The molecule has 5 aromatic heterocycles. The Hall–Kier alpha value is -4.08. The lowest BCUT2D eigenvalue weighted by molar-refractivity contribution is -0.141. The van der Waals surface area contributed by atoms with Crippen LogP contribution in [-0.2, 0) is 29.2 Å². The summed E-state index contributed by atoms with van der Waals surface area (Å²) in [7, 11) is -2.54. The topological polar surface area (TPSA) is 108 Å². The van der Waals surface area contributed by atoms with Gasteiger partial charge in [-0.25, -0.2) is 28.1 Å². The number of imidazole rings is 1. The summed E-state index contributed by atoms with van der Waals surface area (Å²) < 4.78 is 108. The largest absolute Gasteiger partial charge is 0.433 e. The zero-order valence-electron chi connectivity index (χ0n) is 19.4. The zero-order valence-corrected chi connectivity index (χ0v) is 20.2. The highest BCUT2D eigenvalue weighted by Gasteiger charge is 2.34. The smallest absolute Gasteiger partial charge is 0.324 e. The highest BCUT2D eigenvalue weighted by Crippen LogP contribution is 2.34. The fraction of sp³-hybridized carbons (Fsp3) is 0.227. The van der Waals surface area contributed by atoms with Gasteiger partial charge in [0.2, 0.25) is 0 Å². The van der Waals surface area contributed by atoms with Crippen LogP contribution in [0.2, 0.25) is 0 Å². The highest BCUT2D eigenvalue weighted by atomic mass is 32.2. The van der Waals surface area contributed by atoms with Crippen LogP contribution in [0.4, 0.5) is 26.3 Å². The Labute approximate surface area is 209 Å². The molecule has 5 heterocycles. The molecule has 0 aliphatic rings. The molecule has 5 rings (SSSR count). The fourth-order valence-electron chi connectivity index (χ4n) is 3.85. The first-order chi connectivity index (χ1) is 17.7. The molecule has 0 saturated heterocycles. The second-order valence-corrected chi connectivity index (χ2v) is 10.4. The zero-order chi connectivity index (χ0) is 27.6. The molecule has 0 fully saturated rings. The first kappa shape index (κ1) is 25.6. The first-order valence-corrected chi connectivity index (χ1v) is 12.4. The molecule has 198 valence electrons. The Bertz CT molecular complexity index is 1820. The van der Waals surface area contributed by atoms with E-state index in [1.807, 2.05) is 0 Å². The minimum absolute atomic E-state index is 0.00945. The van der Waals surface area contributed by atoms with Gasteiger partial charge in [0.05, 0.1) is 51.5 Å². The molecule has 0 aliphatic carbocycles. The third kappa shape index (κ3) is 4.23. The molecule has 0 aliphatic heterocycles. The van der Waals surface area contributed by atoms with Gasteiger partial charge in [0.1, 0.15) is 17.1 Å². The fourth-order valence-corrected chi connectivity index (χ4v) is 4.90. The first-order valence-electron chi connectivity index (χ1n) is 10.7. The predicted octanol–water partition coefficient (Wildman–Crippen LogP) is 4.60. The van der Waals surface area contributed by atoms with E-state index in [-0.39, 0.29) is 49.8 Å². The van der Waals surface area contributed by atoms with Crippen LogP contribution in [-0.4, -0.2) is 48.5 Å². The Morgan fingerprint density at radius 3 is 2.16 bits per heavy atom. The quantitative estimate of drug-likeness (QED) is 0.299. The number of rotatable bonds is 4. The lowest BCUT2D eigenvalue weighted by Gasteiger charge is -2.12. The number of halogens is 6. The van der Waals surface area contributed by atoms with E-state index in [9.17, 15) is 34.8 Å². The molecule has 0 atom stereocenters. The second-order valence-electron chi connectivity index (χ2n) is 8.18. The minimum Gasteiger partial charge on any atom is -0.324 e. The summed E-state index contributed by atoms with van der Waals surface area (Å²) in [5.74, 6) is -0.412. The lowest BCUT2D eigenvalue weighted by Crippen LogP contribution is -2.11. The lowest BCUT2D eigenvalue weighted by atomic mass is 10.2. The van der Waals surface area contributed by atoms with Crippen molar-refractivity contribution in [3.63, 3.8) is 0 Å². The number of fused-ring (bicyclic) bond motifs is 2. The maximum absolute atomic E-state index is 13.2. The van der Waals surface area contributed by atoms with Gasteiger partial charge in [0.25, 0.3) is 0 Å². The standard InChI is InChI=1S/C22H15F6N7O2S/c1-3-38(36,37)16-4-12(35-14-6-18(22(26,27)28)29-7-11(14)8-32-35)9-31-19(16)20-33-13-5-17(21(23,24)25)30-10-15(13)34(20)2/h4-10H,3H2,1-2H3. The molecule has 38 heavy (non-hydrogen) atoms. The number of hydrogen-bond donors (Lipinski definition) is 0. The van der Waals surface area contributed by atoms with Crippen LogP contribution in [0.3, 0.4) is 0 Å². The number of aryl methyl sites for hydroxylation is 1. The van der Waals surface area contributed by atoms with Crippen LogP contribution in [0.1, 0.15) is 18.3 Å². The molecule has 0 amide bonds. The molecule has 0 aromatic carbocycles. The van der Waals surface area contributed by atoms with Gasteiger partial charge in [0.15, 0.2) is 15.7 Å². The minimum atomic E-state index is -4.72. The molecule has 16 heteroatoms. The summed E-state index contributed by atoms with van der Waals surface area (Å²) in [6, 6.07) is 2.70.